The van der Waals surface area contributed by atoms with Crippen LogP contribution >= 0.6 is 0 Å². The number of nitriles is 1. The summed E-state index contributed by atoms with van der Waals surface area (Å²) in [5.41, 5.74) is 2.10. The van der Waals surface area contributed by atoms with Crippen molar-refractivity contribution in [1.82, 2.24) is 4.90 Å². The highest BCUT2D eigenvalue weighted by Crippen LogP contribution is 2.26. The molecule has 1 heterocycles. The standard InChI is InChI=1S/C20H22FN3O2/c1-25-18-5-2-15(3-6-18)20(24-8-10-26-11-9-24)14-23-19-7-4-17(21)12-16(19)13-22/h2-7,12,20,23H,8-11,14H2,1H3. The van der Waals surface area contributed by atoms with Crippen molar-refractivity contribution in [3.8, 4) is 11.8 Å². The van der Waals surface area contributed by atoms with E-state index < -0.39 is 5.82 Å². The fraction of sp³-hybridized carbons (Fsp3) is 0.350. The first kappa shape index (κ1) is 18.2. The molecule has 1 saturated heterocycles. The van der Waals surface area contributed by atoms with E-state index in [0.717, 1.165) is 24.4 Å². The van der Waals surface area contributed by atoms with Gasteiger partial charge in [-0.1, -0.05) is 12.1 Å². The maximum absolute atomic E-state index is 13.3. The van der Waals surface area contributed by atoms with Crippen LogP contribution in [-0.4, -0.2) is 44.9 Å². The van der Waals surface area contributed by atoms with Crippen molar-refractivity contribution in [3.63, 3.8) is 0 Å². The summed E-state index contributed by atoms with van der Waals surface area (Å²) in [7, 11) is 1.65. The van der Waals surface area contributed by atoms with Gasteiger partial charge >= 0.3 is 0 Å². The van der Waals surface area contributed by atoms with Crippen molar-refractivity contribution in [3.05, 3.63) is 59.4 Å². The van der Waals surface area contributed by atoms with Crippen LogP contribution < -0.4 is 10.1 Å². The van der Waals surface area contributed by atoms with E-state index in [0.29, 0.717) is 31.0 Å². The van der Waals surface area contributed by atoms with Crippen LogP contribution in [0, 0.1) is 17.1 Å². The van der Waals surface area contributed by atoms with Crippen LogP contribution in [0.1, 0.15) is 17.2 Å². The van der Waals surface area contributed by atoms with E-state index in [4.69, 9.17) is 9.47 Å². The summed E-state index contributed by atoms with van der Waals surface area (Å²) in [6.45, 7) is 3.69. The second-order valence-electron chi connectivity index (χ2n) is 6.12. The van der Waals surface area contributed by atoms with Gasteiger partial charge in [-0.05, 0) is 35.9 Å². The Morgan fingerprint density at radius 1 is 1.23 bits per heavy atom. The molecule has 0 aliphatic carbocycles. The van der Waals surface area contributed by atoms with Crippen molar-refractivity contribution in [2.24, 2.45) is 0 Å². The summed E-state index contributed by atoms with van der Waals surface area (Å²) >= 11 is 0. The normalized spacial score (nSPS) is 15.9. The summed E-state index contributed by atoms with van der Waals surface area (Å²) in [6.07, 6.45) is 0. The lowest BCUT2D eigenvalue weighted by Crippen LogP contribution is -2.41. The van der Waals surface area contributed by atoms with Gasteiger partial charge in [-0.3, -0.25) is 4.90 Å². The number of nitrogens with zero attached hydrogens (tertiary/aromatic N) is 2. The first-order chi connectivity index (χ1) is 12.7. The molecule has 2 aromatic rings. The number of rotatable bonds is 6. The summed E-state index contributed by atoms with van der Waals surface area (Å²) in [4.78, 5) is 2.36. The smallest absolute Gasteiger partial charge is 0.124 e. The molecule has 1 N–H and O–H groups in total. The Balaban J connectivity index is 1.80. The molecule has 2 aromatic carbocycles. The predicted octanol–water partition coefficient (Wildman–Crippen LogP) is 3.19. The van der Waals surface area contributed by atoms with Crippen molar-refractivity contribution >= 4 is 5.69 Å². The number of benzene rings is 2. The van der Waals surface area contributed by atoms with Crippen molar-refractivity contribution in [2.45, 2.75) is 6.04 Å². The van der Waals surface area contributed by atoms with Crippen LogP contribution in [-0.2, 0) is 4.74 Å². The highest BCUT2D eigenvalue weighted by atomic mass is 19.1. The van der Waals surface area contributed by atoms with Crippen LogP contribution in [0.25, 0.3) is 0 Å². The maximum Gasteiger partial charge on any atom is 0.124 e. The van der Waals surface area contributed by atoms with Crippen LogP contribution in [0.15, 0.2) is 42.5 Å². The molecule has 136 valence electrons. The van der Waals surface area contributed by atoms with Crippen molar-refractivity contribution in [2.75, 3.05) is 45.3 Å². The predicted molar refractivity (Wildman–Crippen MR) is 97.7 cm³/mol. The maximum atomic E-state index is 13.3. The van der Waals surface area contributed by atoms with Gasteiger partial charge in [0.15, 0.2) is 0 Å². The third kappa shape index (κ3) is 4.31. The number of anilines is 1. The summed E-state index contributed by atoms with van der Waals surface area (Å²) in [6, 6.07) is 14.4. The second-order valence-corrected chi connectivity index (χ2v) is 6.12. The third-order valence-electron chi connectivity index (χ3n) is 4.57. The Bertz CT molecular complexity index is 768. The minimum Gasteiger partial charge on any atom is -0.497 e. The largest absolute Gasteiger partial charge is 0.497 e. The van der Waals surface area contributed by atoms with E-state index in [1.54, 1.807) is 13.2 Å². The molecule has 0 aromatic heterocycles. The van der Waals surface area contributed by atoms with E-state index >= 15 is 0 Å². The molecule has 1 aliphatic rings. The number of nitrogens with one attached hydrogen (secondary N) is 1. The number of halogens is 1. The van der Waals surface area contributed by atoms with Crippen molar-refractivity contribution < 1.29 is 13.9 Å². The molecule has 1 atom stereocenters. The fourth-order valence-electron chi connectivity index (χ4n) is 3.14. The fourth-order valence-corrected chi connectivity index (χ4v) is 3.14. The molecule has 5 nitrogen and oxygen atoms in total. The average molecular weight is 355 g/mol. The summed E-state index contributed by atoms with van der Waals surface area (Å²) in [5.74, 6) is 0.403. The molecule has 0 radical (unpaired) electrons. The van der Waals surface area contributed by atoms with Gasteiger partial charge in [0, 0.05) is 19.6 Å². The summed E-state index contributed by atoms with van der Waals surface area (Å²) < 4.78 is 24.1. The van der Waals surface area contributed by atoms with Gasteiger partial charge in [0.25, 0.3) is 0 Å². The number of hydrogen-bond acceptors (Lipinski definition) is 5. The minimum atomic E-state index is -0.410. The Kier molecular flexibility index (Phi) is 6.05. The average Bonchev–Trinajstić information content (AvgIpc) is 2.70. The van der Waals surface area contributed by atoms with E-state index in [9.17, 15) is 9.65 Å². The van der Waals surface area contributed by atoms with E-state index in [2.05, 4.69) is 22.3 Å². The molecule has 1 unspecified atom stereocenters. The molecular formula is C20H22FN3O2. The molecule has 0 spiro atoms. The van der Waals surface area contributed by atoms with Gasteiger partial charge in [0.1, 0.15) is 17.6 Å². The first-order valence-electron chi connectivity index (χ1n) is 8.60. The molecule has 1 aliphatic heterocycles. The van der Waals surface area contributed by atoms with E-state index in [-0.39, 0.29) is 6.04 Å². The van der Waals surface area contributed by atoms with Gasteiger partial charge in [0.2, 0.25) is 0 Å². The van der Waals surface area contributed by atoms with Crippen LogP contribution in [0.2, 0.25) is 0 Å². The molecule has 26 heavy (non-hydrogen) atoms. The topological polar surface area (TPSA) is 57.5 Å². The van der Waals surface area contributed by atoms with E-state index in [1.165, 1.54) is 12.1 Å². The molecule has 0 amide bonds. The van der Waals surface area contributed by atoms with Gasteiger partial charge < -0.3 is 14.8 Å². The highest BCUT2D eigenvalue weighted by molar-refractivity contribution is 5.57. The van der Waals surface area contributed by atoms with Crippen LogP contribution in [0.5, 0.6) is 5.75 Å². The van der Waals surface area contributed by atoms with Gasteiger partial charge in [-0.25, -0.2) is 4.39 Å². The highest BCUT2D eigenvalue weighted by Gasteiger charge is 2.23. The van der Waals surface area contributed by atoms with Gasteiger partial charge in [0.05, 0.1) is 37.6 Å². The van der Waals surface area contributed by atoms with E-state index in [1.807, 2.05) is 18.2 Å². The molecular weight excluding hydrogens is 333 g/mol. The first-order valence-corrected chi connectivity index (χ1v) is 8.60. The van der Waals surface area contributed by atoms with Crippen LogP contribution in [0.4, 0.5) is 10.1 Å². The SMILES string of the molecule is COc1ccc(C(CNc2ccc(F)cc2C#N)N2CCOCC2)cc1. The zero-order valence-electron chi connectivity index (χ0n) is 14.7. The Morgan fingerprint density at radius 3 is 2.62 bits per heavy atom. The zero-order chi connectivity index (χ0) is 18.4. The Labute approximate surface area is 152 Å². The quantitative estimate of drug-likeness (QED) is 0.862. The van der Waals surface area contributed by atoms with Gasteiger partial charge in [-0.2, -0.15) is 5.26 Å². The number of hydrogen-bond donors (Lipinski definition) is 1. The van der Waals surface area contributed by atoms with Gasteiger partial charge in [-0.15, -0.1) is 0 Å². The Morgan fingerprint density at radius 2 is 1.96 bits per heavy atom. The molecule has 0 saturated carbocycles. The monoisotopic (exact) mass is 355 g/mol. The lowest BCUT2D eigenvalue weighted by atomic mass is 10.0. The number of methoxy groups -OCH3 is 1. The Hall–Kier alpha value is -2.62. The zero-order valence-corrected chi connectivity index (χ0v) is 14.7. The molecule has 1 fully saturated rings. The molecule has 0 bridgehead atoms. The number of morpholine rings is 1. The number of ether oxygens (including phenoxy) is 2. The lowest BCUT2D eigenvalue weighted by molar-refractivity contribution is 0.0187. The molecule has 6 heteroatoms. The minimum absolute atomic E-state index is 0.112. The summed E-state index contributed by atoms with van der Waals surface area (Å²) in [5, 5.41) is 12.5. The lowest BCUT2D eigenvalue weighted by Gasteiger charge is -2.35. The van der Waals surface area contributed by atoms with Crippen molar-refractivity contribution in [1.29, 1.82) is 5.26 Å². The second kappa shape index (κ2) is 8.65. The van der Waals surface area contributed by atoms with Crippen LogP contribution in [0.3, 0.4) is 0 Å². The third-order valence-corrected chi connectivity index (χ3v) is 4.57. The molecule has 3 rings (SSSR count).